The normalized spacial score (nSPS) is 12.3. The quantitative estimate of drug-likeness (QED) is 0.592. The number of methoxy groups -OCH3 is 1. The van der Waals surface area contributed by atoms with Crippen molar-refractivity contribution in [2.45, 2.75) is 52.0 Å². The lowest BCUT2D eigenvalue weighted by molar-refractivity contribution is 0.413. The van der Waals surface area contributed by atoms with Crippen molar-refractivity contribution in [3.05, 3.63) is 21.6 Å². The summed E-state index contributed by atoms with van der Waals surface area (Å²) in [6.45, 7) is 4.43. The topological polar surface area (TPSA) is 21.3 Å². The fraction of sp³-hybridized carbons (Fsp3) is 0.600. The molecule has 0 radical (unpaired) electrons. The number of hydrogen-bond donors (Lipinski definition) is 1. The Morgan fingerprint density at radius 2 is 2.05 bits per heavy atom. The van der Waals surface area contributed by atoms with E-state index in [1.807, 2.05) is 12.1 Å². The molecule has 0 spiro atoms. The number of hydrogen-bond acceptors (Lipinski definition) is 2. The Bertz CT molecular complexity index is 398. The summed E-state index contributed by atoms with van der Waals surface area (Å²) in [6.07, 6.45) is 6.31. The van der Waals surface area contributed by atoms with Gasteiger partial charge < -0.3 is 10.1 Å². The number of ether oxygens (including phenoxy) is 1. The van der Waals surface area contributed by atoms with E-state index in [1.165, 1.54) is 25.7 Å². The van der Waals surface area contributed by atoms with Crippen LogP contribution in [0.25, 0.3) is 0 Å². The highest BCUT2D eigenvalue weighted by atomic mass is 79.9. The van der Waals surface area contributed by atoms with Crippen LogP contribution in [-0.4, -0.2) is 13.2 Å². The van der Waals surface area contributed by atoms with Gasteiger partial charge in [-0.15, -0.1) is 0 Å². The molecule has 0 bridgehead atoms. The minimum absolute atomic E-state index is 0.413. The third kappa shape index (κ3) is 5.62. The van der Waals surface area contributed by atoms with Gasteiger partial charge >= 0.3 is 0 Å². The molecule has 19 heavy (non-hydrogen) atoms. The summed E-state index contributed by atoms with van der Waals surface area (Å²) in [5, 5.41) is 4.18. The van der Waals surface area contributed by atoms with E-state index in [1.54, 1.807) is 7.11 Å². The molecule has 2 nitrogen and oxygen atoms in total. The zero-order valence-electron chi connectivity index (χ0n) is 11.9. The summed E-state index contributed by atoms with van der Waals surface area (Å²) >= 11 is 9.55. The van der Waals surface area contributed by atoms with Crippen molar-refractivity contribution in [1.29, 1.82) is 0 Å². The molecule has 0 saturated carbocycles. The molecule has 0 aromatic heterocycles. The molecule has 1 rings (SSSR count). The van der Waals surface area contributed by atoms with Gasteiger partial charge in [0, 0.05) is 11.1 Å². The van der Waals surface area contributed by atoms with E-state index in [0.717, 1.165) is 22.3 Å². The van der Waals surface area contributed by atoms with Crippen LogP contribution >= 0.6 is 27.5 Å². The number of halogens is 2. The van der Waals surface area contributed by atoms with Gasteiger partial charge in [-0.05, 0) is 41.4 Å². The van der Waals surface area contributed by atoms with Gasteiger partial charge in [0.1, 0.15) is 0 Å². The molecule has 0 fully saturated rings. The minimum Gasteiger partial charge on any atom is -0.493 e. The third-order valence-electron chi connectivity index (χ3n) is 3.11. The van der Waals surface area contributed by atoms with Crippen molar-refractivity contribution >= 4 is 33.2 Å². The summed E-state index contributed by atoms with van der Waals surface area (Å²) in [4.78, 5) is 0. The first-order valence-corrected chi connectivity index (χ1v) is 8.05. The first kappa shape index (κ1) is 16.6. The lowest BCUT2D eigenvalue weighted by Crippen LogP contribution is -2.15. The summed E-state index contributed by atoms with van der Waals surface area (Å²) in [7, 11) is 1.67. The van der Waals surface area contributed by atoms with Gasteiger partial charge in [0.2, 0.25) is 0 Å². The molecule has 1 aromatic carbocycles. The van der Waals surface area contributed by atoms with Crippen molar-refractivity contribution in [2.75, 3.05) is 12.4 Å². The summed E-state index contributed by atoms with van der Waals surface area (Å²) < 4.78 is 6.28. The van der Waals surface area contributed by atoms with Crippen molar-refractivity contribution in [3.63, 3.8) is 0 Å². The molecule has 0 aliphatic rings. The van der Waals surface area contributed by atoms with Crippen LogP contribution in [0, 0.1) is 0 Å². The highest BCUT2D eigenvalue weighted by Crippen LogP contribution is 2.36. The summed E-state index contributed by atoms with van der Waals surface area (Å²) in [5.41, 5.74) is 0.949. The van der Waals surface area contributed by atoms with Gasteiger partial charge in [-0.25, -0.2) is 0 Å². The molecule has 0 amide bonds. The third-order valence-corrected chi connectivity index (χ3v) is 3.91. The Hall–Kier alpha value is -0.410. The molecule has 0 aliphatic carbocycles. The van der Waals surface area contributed by atoms with Crippen LogP contribution in [0.15, 0.2) is 16.6 Å². The second kappa shape index (κ2) is 8.70. The molecule has 0 saturated heterocycles. The SMILES string of the molecule is CCCCCCC(C)Nc1cc(Cl)cc(Br)c1OC. The molecule has 108 valence electrons. The van der Waals surface area contributed by atoms with Gasteiger partial charge in [0.15, 0.2) is 5.75 Å². The van der Waals surface area contributed by atoms with Crippen LogP contribution in [0.1, 0.15) is 46.0 Å². The van der Waals surface area contributed by atoms with Gasteiger partial charge in [-0.1, -0.05) is 44.2 Å². The lowest BCUT2D eigenvalue weighted by atomic mass is 10.1. The standard InChI is InChI=1S/C15H23BrClNO/c1-4-5-6-7-8-11(2)18-14-10-12(17)9-13(16)15(14)19-3/h9-11,18H,4-8H2,1-3H3. The number of anilines is 1. The van der Waals surface area contributed by atoms with Crippen molar-refractivity contribution < 1.29 is 4.74 Å². The zero-order valence-corrected chi connectivity index (χ0v) is 14.3. The first-order valence-electron chi connectivity index (χ1n) is 6.88. The molecule has 0 heterocycles. The van der Waals surface area contributed by atoms with Crippen LogP contribution in [0.4, 0.5) is 5.69 Å². The Labute approximate surface area is 130 Å². The van der Waals surface area contributed by atoms with Crippen LogP contribution in [0.3, 0.4) is 0 Å². The summed E-state index contributed by atoms with van der Waals surface area (Å²) in [5.74, 6) is 0.810. The zero-order chi connectivity index (χ0) is 14.3. The highest BCUT2D eigenvalue weighted by Gasteiger charge is 2.11. The fourth-order valence-electron chi connectivity index (χ4n) is 2.09. The highest BCUT2D eigenvalue weighted by molar-refractivity contribution is 9.10. The number of unbranched alkanes of at least 4 members (excludes halogenated alkanes) is 3. The molecule has 1 N–H and O–H groups in total. The molecular formula is C15H23BrClNO. The average Bonchev–Trinajstić information content (AvgIpc) is 2.34. The average molecular weight is 349 g/mol. The first-order chi connectivity index (χ1) is 9.08. The van der Waals surface area contributed by atoms with E-state index < -0.39 is 0 Å². The molecule has 1 atom stereocenters. The maximum Gasteiger partial charge on any atom is 0.156 e. The second-order valence-corrected chi connectivity index (χ2v) is 6.15. The van der Waals surface area contributed by atoms with Gasteiger partial charge in [-0.3, -0.25) is 0 Å². The molecule has 1 aromatic rings. The molecular weight excluding hydrogens is 326 g/mol. The van der Waals surface area contributed by atoms with E-state index >= 15 is 0 Å². The van der Waals surface area contributed by atoms with E-state index in [2.05, 4.69) is 35.1 Å². The monoisotopic (exact) mass is 347 g/mol. The van der Waals surface area contributed by atoms with E-state index in [9.17, 15) is 0 Å². The molecule has 0 aliphatic heterocycles. The van der Waals surface area contributed by atoms with Crippen LogP contribution in [0.5, 0.6) is 5.75 Å². The Morgan fingerprint density at radius 3 is 2.68 bits per heavy atom. The van der Waals surface area contributed by atoms with Gasteiger partial charge in [0.25, 0.3) is 0 Å². The Morgan fingerprint density at radius 1 is 1.32 bits per heavy atom. The van der Waals surface area contributed by atoms with E-state index in [0.29, 0.717) is 11.1 Å². The lowest BCUT2D eigenvalue weighted by Gasteiger charge is -2.18. The smallest absolute Gasteiger partial charge is 0.156 e. The summed E-state index contributed by atoms with van der Waals surface area (Å²) in [6, 6.07) is 4.17. The van der Waals surface area contributed by atoms with Crippen molar-refractivity contribution in [1.82, 2.24) is 0 Å². The van der Waals surface area contributed by atoms with E-state index in [4.69, 9.17) is 16.3 Å². The van der Waals surface area contributed by atoms with Crippen LogP contribution in [-0.2, 0) is 0 Å². The number of benzene rings is 1. The van der Waals surface area contributed by atoms with E-state index in [-0.39, 0.29) is 0 Å². The predicted octanol–water partition coefficient (Wildman–Crippen LogP) is 5.88. The number of rotatable bonds is 8. The second-order valence-electron chi connectivity index (χ2n) is 4.86. The van der Waals surface area contributed by atoms with Crippen molar-refractivity contribution in [2.24, 2.45) is 0 Å². The largest absolute Gasteiger partial charge is 0.493 e. The van der Waals surface area contributed by atoms with Crippen LogP contribution in [0.2, 0.25) is 5.02 Å². The fourth-order valence-corrected chi connectivity index (χ4v) is 3.06. The van der Waals surface area contributed by atoms with Gasteiger partial charge in [-0.2, -0.15) is 0 Å². The Kier molecular flexibility index (Phi) is 7.62. The number of nitrogens with one attached hydrogen (secondary N) is 1. The molecule has 4 heteroatoms. The maximum absolute atomic E-state index is 6.08. The predicted molar refractivity (Wildman–Crippen MR) is 87.5 cm³/mol. The molecule has 1 unspecified atom stereocenters. The minimum atomic E-state index is 0.413. The maximum atomic E-state index is 6.08. The van der Waals surface area contributed by atoms with Crippen LogP contribution < -0.4 is 10.1 Å². The van der Waals surface area contributed by atoms with Gasteiger partial charge in [0.05, 0.1) is 17.3 Å². The Balaban J connectivity index is 2.60. The van der Waals surface area contributed by atoms with Crippen molar-refractivity contribution in [3.8, 4) is 5.75 Å².